The molecule has 0 amide bonds. The third-order valence-electron chi connectivity index (χ3n) is 5.60. The Balaban J connectivity index is 1.71. The first-order valence-electron chi connectivity index (χ1n) is 9.97. The largest absolute Gasteiger partial charge is 0.492 e. The molecular weight excluding hydrogens is 388 g/mol. The SMILES string of the molecule is CCc1nc2sc([C@@H](c3cccc(C)c3)N3CCC(C(=O)OC)CC3)c(O)n2n1. The highest BCUT2D eigenvalue weighted by Gasteiger charge is 2.34. The fourth-order valence-corrected chi connectivity index (χ4v) is 5.18. The fourth-order valence-electron chi connectivity index (χ4n) is 4.05. The van der Waals surface area contributed by atoms with Crippen LogP contribution in [-0.4, -0.2) is 50.8 Å². The van der Waals surface area contributed by atoms with E-state index in [0.29, 0.717) is 4.96 Å². The predicted octanol–water partition coefficient (Wildman–Crippen LogP) is 3.34. The highest BCUT2D eigenvalue weighted by atomic mass is 32.1. The first-order chi connectivity index (χ1) is 14.0. The number of esters is 1. The number of rotatable bonds is 5. The number of benzene rings is 1. The van der Waals surface area contributed by atoms with Crippen molar-refractivity contribution in [3.8, 4) is 5.88 Å². The minimum Gasteiger partial charge on any atom is -0.492 e. The number of hydrogen-bond donors (Lipinski definition) is 1. The van der Waals surface area contributed by atoms with Gasteiger partial charge in [-0.1, -0.05) is 48.1 Å². The van der Waals surface area contributed by atoms with Crippen molar-refractivity contribution in [2.45, 2.75) is 39.2 Å². The van der Waals surface area contributed by atoms with Crippen molar-refractivity contribution in [1.29, 1.82) is 0 Å². The molecule has 1 atom stereocenters. The molecule has 1 aromatic carbocycles. The first kappa shape index (κ1) is 19.8. The zero-order valence-electron chi connectivity index (χ0n) is 17.0. The Hall–Kier alpha value is -2.45. The van der Waals surface area contributed by atoms with E-state index >= 15 is 0 Å². The van der Waals surface area contributed by atoms with Gasteiger partial charge < -0.3 is 9.84 Å². The normalized spacial score (nSPS) is 16.9. The van der Waals surface area contributed by atoms with Crippen LogP contribution in [0.15, 0.2) is 24.3 Å². The zero-order valence-corrected chi connectivity index (χ0v) is 17.8. The second-order valence-electron chi connectivity index (χ2n) is 7.52. The molecule has 0 spiro atoms. The average Bonchev–Trinajstić information content (AvgIpc) is 3.27. The maximum atomic E-state index is 11.9. The van der Waals surface area contributed by atoms with Gasteiger partial charge in [0.05, 0.1) is 23.9 Å². The van der Waals surface area contributed by atoms with Crippen molar-refractivity contribution < 1.29 is 14.6 Å². The summed E-state index contributed by atoms with van der Waals surface area (Å²) in [4.78, 5) is 20.3. The van der Waals surface area contributed by atoms with Crippen LogP contribution in [0.25, 0.3) is 4.96 Å². The lowest BCUT2D eigenvalue weighted by atomic mass is 9.93. The number of carbonyl (C=O) groups is 1. The molecule has 1 aliphatic heterocycles. The molecule has 1 fully saturated rings. The summed E-state index contributed by atoms with van der Waals surface area (Å²) >= 11 is 1.48. The van der Waals surface area contributed by atoms with Crippen LogP contribution in [0.4, 0.5) is 0 Å². The Morgan fingerprint density at radius 1 is 1.38 bits per heavy atom. The van der Waals surface area contributed by atoms with Crippen LogP contribution in [-0.2, 0) is 16.0 Å². The van der Waals surface area contributed by atoms with Crippen LogP contribution < -0.4 is 0 Å². The van der Waals surface area contributed by atoms with Crippen molar-refractivity contribution in [1.82, 2.24) is 19.5 Å². The standard InChI is InChI=1S/C21H26N4O3S/c1-4-16-22-21-25(23-16)19(26)18(29-21)17(15-7-5-6-13(2)12-15)24-10-8-14(9-11-24)20(27)28-3/h5-7,12,14,17,26H,4,8-11H2,1-3H3/t17-/m1/s1. The quantitative estimate of drug-likeness (QED) is 0.645. The number of methoxy groups -OCH3 is 1. The van der Waals surface area contributed by atoms with Crippen LogP contribution in [0.3, 0.4) is 0 Å². The van der Waals surface area contributed by atoms with E-state index in [1.54, 1.807) is 4.52 Å². The van der Waals surface area contributed by atoms with Gasteiger partial charge in [0.25, 0.3) is 0 Å². The second-order valence-corrected chi connectivity index (χ2v) is 8.53. The number of aromatic nitrogens is 3. The number of piperidine rings is 1. The van der Waals surface area contributed by atoms with Crippen LogP contribution >= 0.6 is 11.3 Å². The van der Waals surface area contributed by atoms with Gasteiger partial charge in [0, 0.05) is 6.42 Å². The second kappa shape index (κ2) is 8.12. The molecule has 3 heterocycles. The molecule has 1 saturated heterocycles. The third kappa shape index (κ3) is 3.74. The van der Waals surface area contributed by atoms with Gasteiger partial charge in [-0.05, 0) is 38.4 Å². The Labute approximate surface area is 173 Å². The van der Waals surface area contributed by atoms with Crippen molar-refractivity contribution >= 4 is 22.3 Å². The number of fused-ring (bicyclic) bond motifs is 1. The predicted molar refractivity (Wildman–Crippen MR) is 111 cm³/mol. The number of ether oxygens (including phenoxy) is 1. The lowest BCUT2D eigenvalue weighted by molar-refractivity contribution is -0.147. The molecule has 4 rings (SSSR count). The summed E-state index contributed by atoms with van der Waals surface area (Å²) in [5, 5.41) is 15.4. The monoisotopic (exact) mass is 414 g/mol. The van der Waals surface area contributed by atoms with Crippen LogP contribution in [0.2, 0.25) is 0 Å². The van der Waals surface area contributed by atoms with Gasteiger partial charge in [0.2, 0.25) is 10.8 Å². The minimum atomic E-state index is -0.134. The molecule has 0 unspecified atom stereocenters. The molecule has 2 aromatic heterocycles. The average molecular weight is 415 g/mol. The van der Waals surface area contributed by atoms with E-state index in [0.717, 1.165) is 48.6 Å². The lowest BCUT2D eigenvalue weighted by Gasteiger charge is -2.36. The molecule has 0 radical (unpaired) electrons. The van der Waals surface area contributed by atoms with E-state index in [-0.39, 0.29) is 23.8 Å². The topological polar surface area (TPSA) is 80.0 Å². The van der Waals surface area contributed by atoms with Crippen LogP contribution in [0.5, 0.6) is 5.88 Å². The summed E-state index contributed by atoms with van der Waals surface area (Å²) in [7, 11) is 1.45. The smallest absolute Gasteiger partial charge is 0.308 e. The van der Waals surface area contributed by atoms with Crippen LogP contribution in [0.1, 0.15) is 47.6 Å². The third-order valence-corrected chi connectivity index (χ3v) is 6.67. The molecule has 0 aliphatic carbocycles. The molecule has 1 aliphatic rings. The van der Waals surface area contributed by atoms with E-state index in [9.17, 15) is 9.90 Å². The van der Waals surface area contributed by atoms with Gasteiger partial charge in [-0.15, -0.1) is 5.10 Å². The number of aromatic hydroxyl groups is 1. The van der Waals surface area contributed by atoms with E-state index in [1.807, 2.05) is 13.0 Å². The number of hydrogen-bond acceptors (Lipinski definition) is 7. The Kier molecular flexibility index (Phi) is 5.56. The van der Waals surface area contributed by atoms with Crippen molar-refractivity contribution in [2.75, 3.05) is 20.2 Å². The van der Waals surface area contributed by atoms with E-state index in [2.05, 4.69) is 40.1 Å². The molecular formula is C21H26N4O3S. The Bertz CT molecular complexity index is 1020. The summed E-state index contributed by atoms with van der Waals surface area (Å²) < 4.78 is 6.47. The molecule has 1 N–H and O–H groups in total. The number of nitrogens with zero attached hydrogens (tertiary/aromatic N) is 4. The van der Waals surface area contributed by atoms with Crippen molar-refractivity contribution in [3.63, 3.8) is 0 Å². The Morgan fingerprint density at radius 3 is 2.76 bits per heavy atom. The molecule has 29 heavy (non-hydrogen) atoms. The van der Waals surface area contributed by atoms with Gasteiger partial charge in [0.1, 0.15) is 0 Å². The summed E-state index contributed by atoms with van der Waals surface area (Å²) in [5.74, 6) is 0.686. The lowest BCUT2D eigenvalue weighted by Crippen LogP contribution is -2.39. The molecule has 3 aromatic rings. The number of thiazole rings is 1. The molecule has 7 nitrogen and oxygen atoms in total. The van der Waals surface area contributed by atoms with Crippen LogP contribution in [0, 0.1) is 12.8 Å². The number of likely N-dealkylation sites (tertiary alicyclic amines) is 1. The van der Waals surface area contributed by atoms with Gasteiger partial charge in [-0.25, -0.2) is 4.98 Å². The van der Waals surface area contributed by atoms with Gasteiger partial charge in [-0.2, -0.15) is 4.52 Å². The van der Waals surface area contributed by atoms with E-state index in [4.69, 9.17) is 4.74 Å². The van der Waals surface area contributed by atoms with Gasteiger partial charge >= 0.3 is 5.97 Å². The highest BCUT2D eigenvalue weighted by Crippen LogP contribution is 2.41. The van der Waals surface area contributed by atoms with Gasteiger partial charge in [0.15, 0.2) is 5.82 Å². The molecule has 8 heteroatoms. The summed E-state index contributed by atoms with van der Waals surface area (Å²) in [6.45, 7) is 5.58. The molecule has 154 valence electrons. The van der Waals surface area contributed by atoms with Crippen molar-refractivity contribution in [2.24, 2.45) is 5.92 Å². The maximum absolute atomic E-state index is 11.9. The fraction of sp³-hybridized carbons (Fsp3) is 0.476. The first-order valence-corrected chi connectivity index (χ1v) is 10.8. The number of aryl methyl sites for hydroxylation is 2. The Morgan fingerprint density at radius 2 is 2.14 bits per heavy atom. The van der Waals surface area contributed by atoms with Crippen molar-refractivity contribution in [3.05, 3.63) is 46.1 Å². The molecule has 0 saturated carbocycles. The van der Waals surface area contributed by atoms with E-state index in [1.165, 1.54) is 24.0 Å². The van der Waals surface area contributed by atoms with E-state index < -0.39 is 0 Å². The highest BCUT2D eigenvalue weighted by molar-refractivity contribution is 7.17. The summed E-state index contributed by atoms with van der Waals surface area (Å²) in [5.41, 5.74) is 2.29. The zero-order chi connectivity index (χ0) is 20.5. The van der Waals surface area contributed by atoms with Gasteiger partial charge in [-0.3, -0.25) is 9.69 Å². The summed E-state index contributed by atoms with van der Waals surface area (Å²) in [6, 6.07) is 8.26. The minimum absolute atomic E-state index is 0.0579. The maximum Gasteiger partial charge on any atom is 0.308 e. The summed E-state index contributed by atoms with van der Waals surface area (Å²) in [6.07, 6.45) is 2.22. The molecule has 0 bridgehead atoms. The number of carbonyl (C=O) groups excluding carboxylic acids is 1.